The zero-order chi connectivity index (χ0) is 13.9. The molecule has 0 spiro atoms. The van der Waals surface area contributed by atoms with Crippen molar-refractivity contribution in [2.24, 2.45) is 11.8 Å². The van der Waals surface area contributed by atoms with Gasteiger partial charge in [-0.2, -0.15) is 0 Å². The second kappa shape index (κ2) is 6.23. The highest BCUT2D eigenvalue weighted by molar-refractivity contribution is 5.79. The van der Waals surface area contributed by atoms with Crippen LogP contribution >= 0.6 is 0 Å². The molecule has 2 saturated heterocycles. The summed E-state index contributed by atoms with van der Waals surface area (Å²) in [7, 11) is 0. The second-order valence-corrected chi connectivity index (χ2v) is 6.78. The van der Waals surface area contributed by atoms with Gasteiger partial charge in [0.2, 0.25) is 5.91 Å². The molecule has 1 amide bonds. The topological polar surface area (TPSA) is 41.6 Å². The van der Waals surface area contributed by atoms with Crippen molar-refractivity contribution in [1.82, 2.24) is 10.2 Å². The third-order valence-electron chi connectivity index (χ3n) is 4.51. The summed E-state index contributed by atoms with van der Waals surface area (Å²) < 4.78 is 5.27. The van der Waals surface area contributed by atoms with Crippen LogP contribution in [0, 0.1) is 11.8 Å². The number of nitrogens with zero attached hydrogens (tertiary/aromatic N) is 1. The summed E-state index contributed by atoms with van der Waals surface area (Å²) >= 11 is 0. The Hall–Kier alpha value is -0.610. The molecule has 19 heavy (non-hydrogen) atoms. The van der Waals surface area contributed by atoms with Gasteiger partial charge >= 0.3 is 0 Å². The lowest BCUT2D eigenvalue weighted by atomic mass is 9.93. The highest BCUT2D eigenvalue weighted by Gasteiger charge is 2.31. The van der Waals surface area contributed by atoms with Crippen LogP contribution in [0.25, 0.3) is 0 Å². The van der Waals surface area contributed by atoms with Gasteiger partial charge in [-0.25, -0.2) is 0 Å². The minimum atomic E-state index is 0.0454. The molecule has 0 bridgehead atoms. The summed E-state index contributed by atoms with van der Waals surface area (Å²) in [6.45, 7) is 11.1. The first kappa shape index (κ1) is 14.8. The number of hydrogen-bond acceptors (Lipinski definition) is 3. The van der Waals surface area contributed by atoms with Crippen LogP contribution in [0.3, 0.4) is 0 Å². The third-order valence-corrected chi connectivity index (χ3v) is 4.51. The van der Waals surface area contributed by atoms with Crippen molar-refractivity contribution in [2.75, 3.05) is 32.8 Å². The molecule has 4 nitrogen and oxygen atoms in total. The van der Waals surface area contributed by atoms with Crippen LogP contribution in [-0.4, -0.2) is 49.2 Å². The molecular weight excluding hydrogens is 240 g/mol. The van der Waals surface area contributed by atoms with E-state index < -0.39 is 0 Å². The van der Waals surface area contributed by atoms with Crippen LogP contribution < -0.4 is 5.32 Å². The van der Waals surface area contributed by atoms with Gasteiger partial charge in [0.1, 0.15) is 0 Å². The average molecular weight is 268 g/mol. The van der Waals surface area contributed by atoms with Gasteiger partial charge in [-0.1, -0.05) is 6.92 Å². The molecule has 2 fully saturated rings. The molecule has 2 rings (SSSR count). The Morgan fingerprint density at radius 1 is 1.42 bits per heavy atom. The van der Waals surface area contributed by atoms with E-state index in [4.69, 9.17) is 4.74 Å². The molecule has 0 radical (unpaired) electrons. The van der Waals surface area contributed by atoms with Crippen LogP contribution in [0.15, 0.2) is 0 Å². The fraction of sp³-hybridized carbons (Fsp3) is 0.933. The van der Waals surface area contributed by atoms with Crippen molar-refractivity contribution < 1.29 is 9.53 Å². The number of rotatable bonds is 4. The summed E-state index contributed by atoms with van der Waals surface area (Å²) in [4.78, 5) is 14.5. The minimum absolute atomic E-state index is 0.0454. The predicted octanol–water partition coefficient (Wildman–Crippen LogP) is 1.65. The molecule has 0 aliphatic carbocycles. The van der Waals surface area contributed by atoms with Gasteiger partial charge in [0, 0.05) is 25.2 Å². The van der Waals surface area contributed by atoms with Crippen molar-refractivity contribution in [1.29, 1.82) is 0 Å². The maximum Gasteiger partial charge on any atom is 0.225 e. The van der Waals surface area contributed by atoms with Gasteiger partial charge in [-0.05, 0) is 45.6 Å². The van der Waals surface area contributed by atoms with Crippen molar-refractivity contribution in [3.05, 3.63) is 0 Å². The minimum Gasteiger partial charge on any atom is -0.381 e. The molecule has 0 aromatic carbocycles. The normalized spacial score (nSPS) is 29.4. The number of hydrogen-bond donors (Lipinski definition) is 1. The summed E-state index contributed by atoms with van der Waals surface area (Å²) in [5.74, 6) is 0.999. The molecule has 2 aliphatic heterocycles. The molecular formula is C15H28N2O2. The maximum absolute atomic E-state index is 12.0. The lowest BCUT2D eigenvalue weighted by Gasteiger charge is -2.43. The molecule has 0 unspecified atom stereocenters. The van der Waals surface area contributed by atoms with E-state index in [0.29, 0.717) is 6.61 Å². The number of ether oxygens (including phenoxy) is 1. The smallest absolute Gasteiger partial charge is 0.225 e. The van der Waals surface area contributed by atoms with E-state index >= 15 is 0 Å². The van der Waals surface area contributed by atoms with Gasteiger partial charge in [-0.3, -0.25) is 9.69 Å². The van der Waals surface area contributed by atoms with Gasteiger partial charge in [0.05, 0.1) is 12.5 Å². The highest BCUT2D eigenvalue weighted by atomic mass is 16.5. The fourth-order valence-electron chi connectivity index (χ4n) is 3.04. The van der Waals surface area contributed by atoms with Crippen LogP contribution in [0.5, 0.6) is 0 Å². The number of amides is 1. The van der Waals surface area contributed by atoms with E-state index in [2.05, 4.69) is 31.0 Å². The van der Waals surface area contributed by atoms with Crippen LogP contribution in [-0.2, 0) is 9.53 Å². The summed E-state index contributed by atoms with van der Waals surface area (Å²) in [5, 5.41) is 3.12. The largest absolute Gasteiger partial charge is 0.381 e. The summed E-state index contributed by atoms with van der Waals surface area (Å²) in [6.07, 6.45) is 3.47. The first-order valence-corrected chi connectivity index (χ1v) is 7.59. The van der Waals surface area contributed by atoms with Crippen molar-refractivity contribution in [2.45, 2.75) is 45.6 Å². The molecule has 2 atom stereocenters. The summed E-state index contributed by atoms with van der Waals surface area (Å²) in [6, 6.07) is 0. The van der Waals surface area contributed by atoms with E-state index in [-0.39, 0.29) is 17.4 Å². The lowest BCUT2D eigenvalue weighted by molar-refractivity contribution is -0.125. The molecule has 0 saturated carbocycles. The Kier molecular flexibility index (Phi) is 4.85. The second-order valence-electron chi connectivity index (χ2n) is 6.78. The van der Waals surface area contributed by atoms with Gasteiger partial charge in [-0.15, -0.1) is 0 Å². The molecule has 1 N–H and O–H groups in total. The fourth-order valence-corrected chi connectivity index (χ4v) is 3.04. The van der Waals surface area contributed by atoms with Crippen LogP contribution in [0.1, 0.15) is 40.0 Å². The Morgan fingerprint density at radius 3 is 2.84 bits per heavy atom. The predicted molar refractivity (Wildman–Crippen MR) is 76.0 cm³/mol. The first-order chi connectivity index (χ1) is 8.99. The number of carbonyl (C=O) groups is 1. The molecule has 110 valence electrons. The van der Waals surface area contributed by atoms with E-state index in [0.717, 1.165) is 38.6 Å². The Balaban J connectivity index is 1.80. The quantitative estimate of drug-likeness (QED) is 0.843. The molecule has 2 heterocycles. The van der Waals surface area contributed by atoms with E-state index in [1.165, 1.54) is 12.8 Å². The summed E-state index contributed by atoms with van der Waals surface area (Å²) in [5.41, 5.74) is 0.0454. The van der Waals surface area contributed by atoms with Crippen LogP contribution in [0.4, 0.5) is 0 Å². The van der Waals surface area contributed by atoms with Gasteiger partial charge in [0.25, 0.3) is 0 Å². The average Bonchev–Trinajstić information content (AvgIpc) is 2.90. The maximum atomic E-state index is 12.0. The van der Waals surface area contributed by atoms with Crippen molar-refractivity contribution >= 4 is 5.91 Å². The van der Waals surface area contributed by atoms with E-state index in [9.17, 15) is 4.79 Å². The van der Waals surface area contributed by atoms with Gasteiger partial charge in [0.15, 0.2) is 0 Å². The van der Waals surface area contributed by atoms with E-state index in [1.807, 2.05) is 0 Å². The monoisotopic (exact) mass is 268 g/mol. The van der Waals surface area contributed by atoms with Crippen molar-refractivity contribution in [3.8, 4) is 0 Å². The molecule has 0 aromatic rings. The Bertz CT molecular complexity index is 311. The standard InChI is InChI=1S/C15H28N2O2/c1-12-5-4-7-17(9-12)15(2,3)11-16-14(18)13-6-8-19-10-13/h12-13H,4-11H2,1-3H3,(H,16,18)/t12-,13+/m1/s1. The zero-order valence-electron chi connectivity index (χ0n) is 12.6. The Morgan fingerprint density at radius 2 is 2.21 bits per heavy atom. The van der Waals surface area contributed by atoms with E-state index in [1.54, 1.807) is 0 Å². The SMILES string of the molecule is C[C@@H]1CCCN(C(C)(C)CNC(=O)[C@H]2CCOC2)C1. The van der Waals surface area contributed by atoms with Gasteiger partial charge < -0.3 is 10.1 Å². The lowest BCUT2D eigenvalue weighted by Crippen LogP contribution is -2.55. The molecule has 0 aromatic heterocycles. The number of likely N-dealkylation sites (tertiary alicyclic amines) is 1. The zero-order valence-corrected chi connectivity index (χ0v) is 12.6. The Labute approximate surface area is 116 Å². The first-order valence-electron chi connectivity index (χ1n) is 7.59. The number of piperidine rings is 1. The molecule has 2 aliphatic rings. The number of nitrogens with one attached hydrogen (secondary N) is 1. The third kappa shape index (κ3) is 3.93. The highest BCUT2D eigenvalue weighted by Crippen LogP contribution is 2.23. The van der Waals surface area contributed by atoms with Crippen molar-refractivity contribution in [3.63, 3.8) is 0 Å². The number of carbonyl (C=O) groups excluding carboxylic acids is 1. The van der Waals surface area contributed by atoms with Crippen LogP contribution in [0.2, 0.25) is 0 Å². The molecule has 4 heteroatoms.